The lowest BCUT2D eigenvalue weighted by Gasteiger charge is -2.07. The fourth-order valence-electron chi connectivity index (χ4n) is 2.95. The number of benzene rings is 3. The quantitative estimate of drug-likeness (QED) is 0.312. The molecule has 0 spiro atoms. The van der Waals surface area contributed by atoms with Crippen LogP contribution >= 0.6 is 11.6 Å². The van der Waals surface area contributed by atoms with Crippen molar-refractivity contribution in [2.24, 2.45) is 5.10 Å². The molecule has 0 radical (unpaired) electrons. The lowest BCUT2D eigenvalue weighted by atomic mass is 10.2. The van der Waals surface area contributed by atoms with Gasteiger partial charge in [0.15, 0.2) is 0 Å². The third kappa shape index (κ3) is 5.41. The number of aromatic nitrogens is 1. The van der Waals surface area contributed by atoms with Crippen LogP contribution in [0.25, 0.3) is 5.69 Å². The molecule has 0 fully saturated rings. The van der Waals surface area contributed by atoms with E-state index in [1.54, 1.807) is 18.3 Å². The highest BCUT2D eigenvalue weighted by atomic mass is 35.5. The molecule has 0 saturated carbocycles. The summed E-state index contributed by atoms with van der Waals surface area (Å²) in [6.45, 7) is 0.395. The zero-order valence-electron chi connectivity index (χ0n) is 16.6. The summed E-state index contributed by atoms with van der Waals surface area (Å²) in [5, 5.41) is 4.72. The maximum Gasteiger partial charge on any atom is 0.271 e. The average Bonchev–Trinajstić information content (AvgIpc) is 3.34. The predicted molar refractivity (Wildman–Crippen MR) is 123 cm³/mol. The molecule has 5 nitrogen and oxygen atoms in total. The zero-order chi connectivity index (χ0) is 21.5. The Kier molecular flexibility index (Phi) is 6.45. The monoisotopic (exact) mass is 429 g/mol. The van der Waals surface area contributed by atoms with Gasteiger partial charge < -0.3 is 9.30 Å². The summed E-state index contributed by atoms with van der Waals surface area (Å²) < 4.78 is 7.74. The maximum atomic E-state index is 12.3. The summed E-state index contributed by atoms with van der Waals surface area (Å²) in [6.07, 6.45) is 5.49. The summed E-state index contributed by atoms with van der Waals surface area (Å²) in [7, 11) is 0. The smallest absolute Gasteiger partial charge is 0.271 e. The number of carbonyl (C=O) groups is 1. The number of hydrogen-bond donors (Lipinski definition) is 1. The van der Waals surface area contributed by atoms with Crippen molar-refractivity contribution in [3.63, 3.8) is 0 Å². The van der Waals surface area contributed by atoms with Crippen LogP contribution in [0.4, 0.5) is 0 Å². The first-order valence-electron chi connectivity index (χ1n) is 9.72. The number of carbonyl (C=O) groups excluding carboxylic acids is 1. The third-order valence-electron chi connectivity index (χ3n) is 4.64. The number of nitrogens with zero attached hydrogens (tertiary/aromatic N) is 2. The van der Waals surface area contributed by atoms with E-state index in [0.29, 0.717) is 17.2 Å². The fraction of sp³-hybridized carbons (Fsp3) is 0.0400. The standard InChI is InChI=1S/C25H20ClN3O2/c26-24-6-2-1-5-21(24)18-31-23-13-7-19(8-14-23)17-27-28-25(30)20-9-11-22(12-10-20)29-15-3-4-16-29/h1-17H,18H2,(H,28,30)/b27-17+. The van der Waals surface area contributed by atoms with Gasteiger partial charge in [0.05, 0.1) is 6.21 Å². The van der Waals surface area contributed by atoms with Gasteiger partial charge in [0.25, 0.3) is 5.91 Å². The third-order valence-corrected chi connectivity index (χ3v) is 5.01. The van der Waals surface area contributed by atoms with Gasteiger partial charge in [-0.3, -0.25) is 4.79 Å². The predicted octanol–water partition coefficient (Wildman–Crippen LogP) is 5.47. The molecule has 0 atom stereocenters. The SMILES string of the molecule is O=C(N/N=C/c1ccc(OCc2ccccc2Cl)cc1)c1ccc(-n2cccc2)cc1. The van der Waals surface area contributed by atoms with Gasteiger partial charge in [-0.1, -0.05) is 29.8 Å². The van der Waals surface area contributed by atoms with Gasteiger partial charge in [0.1, 0.15) is 12.4 Å². The molecular weight excluding hydrogens is 410 g/mol. The Bertz CT molecular complexity index is 1170. The number of halogens is 1. The van der Waals surface area contributed by atoms with E-state index in [2.05, 4.69) is 10.5 Å². The second-order valence-electron chi connectivity index (χ2n) is 6.79. The molecular formula is C25H20ClN3O2. The van der Waals surface area contributed by atoms with Crippen molar-refractivity contribution in [3.8, 4) is 11.4 Å². The Morgan fingerprint density at radius 2 is 1.65 bits per heavy atom. The van der Waals surface area contributed by atoms with Crippen LogP contribution in [0.2, 0.25) is 5.02 Å². The lowest BCUT2D eigenvalue weighted by Crippen LogP contribution is -2.17. The Balaban J connectivity index is 1.29. The van der Waals surface area contributed by atoms with Crippen molar-refractivity contribution >= 4 is 23.7 Å². The van der Waals surface area contributed by atoms with Crippen LogP contribution in [0, 0.1) is 0 Å². The van der Waals surface area contributed by atoms with Crippen LogP contribution in [-0.2, 0) is 6.61 Å². The van der Waals surface area contributed by atoms with E-state index < -0.39 is 0 Å². The van der Waals surface area contributed by atoms with Gasteiger partial charge in [-0.25, -0.2) is 5.43 Å². The fourth-order valence-corrected chi connectivity index (χ4v) is 3.14. The zero-order valence-corrected chi connectivity index (χ0v) is 17.4. The first-order chi connectivity index (χ1) is 15.2. The Labute approximate surface area is 185 Å². The molecule has 0 aliphatic carbocycles. The molecule has 31 heavy (non-hydrogen) atoms. The molecule has 0 aliphatic rings. The number of rotatable bonds is 7. The van der Waals surface area contributed by atoms with E-state index in [-0.39, 0.29) is 5.91 Å². The van der Waals surface area contributed by atoms with Crippen LogP contribution in [-0.4, -0.2) is 16.7 Å². The number of hydrogen-bond acceptors (Lipinski definition) is 3. The van der Waals surface area contributed by atoms with Gasteiger partial charge in [-0.05, 0) is 72.3 Å². The highest BCUT2D eigenvalue weighted by molar-refractivity contribution is 6.31. The summed E-state index contributed by atoms with van der Waals surface area (Å²) >= 11 is 6.14. The molecule has 1 amide bonds. The van der Waals surface area contributed by atoms with Gasteiger partial charge in [-0.15, -0.1) is 0 Å². The molecule has 0 unspecified atom stereocenters. The van der Waals surface area contributed by atoms with Crippen LogP contribution in [0.15, 0.2) is 102 Å². The molecule has 1 N–H and O–H groups in total. The Hall–Kier alpha value is -3.83. The van der Waals surface area contributed by atoms with Crippen LogP contribution in [0.1, 0.15) is 21.5 Å². The molecule has 0 bridgehead atoms. The first kappa shape index (κ1) is 20.4. The van der Waals surface area contributed by atoms with E-state index in [1.807, 2.05) is 89.8 Å². The summed E-state index contributed by atoms with van der Waals surface area (Å²) in [6, 6.07) is 26.2. The number of amides is 1. The van der Waals surface area contributed by atoms with Crippen LogP contribution in [0.5, 0.6) is 5.75 Å². The van der Waals surface area contributed by atoms with E-state index in [1.165, 1.54) is 0 Å². The molecule has 3 aromatic carbocycles. The van der Waals surface area contributed by atoms with Gasteiger partial charge in [0.2, 0.25) is 0 Å². The number of hydrazone groups is 1. The Morgan fingerprint density at radius 3 is 2.35 bits per heavy atom. The van der Waals surface area contributed by atoms with E-state index in [0.717, 1.165) is 22.6 Å². The normalized spacial score (nSPS) is 10.9. The van der Waals surface area contributed by atoms with E-state index in [4.69, 9.17) is 16.3 Å². The molecule has 1 heterocycles. The summed E-state index contributed by atoms with van der Waals surface area (Å²) in [5.74, 6) is 0.457. The lowest BCUT2D eigenvalue weighted by molar-refractivity contribution is 0.0955. The average molecular weight is 430 g/mol. The van der Waals surface area contributed by atoms with Gasteiger partial charge >= 0.3 is 0 Å². The van der Waals surface area contributed by atoms with Crippen molar-refractivity contribution in [3.05, 3.63) is 119 Å². The van der Waals surface area contributed by atoms with Crippen molar-refractivity contribution in [1.82, 2.24) is 9.99 Å². The second kappa shape index (κ2) is 9.78. The first-order valence-corrected chi connectivity index (χ1v) is 10.1. The minimum Gasteiger partial charge on any atom is -0.489 e. The topological polar surface area (TPSA) is 55.6 Å². The Morgan fingerprint density at radius 1 is 0.935 bits per heavy atom. The van der Waals surface area contributed by atoms with Crippen molar-refractivity contribution in [1.29, 1.82) is 0 Å². The van der Waals surface area contributed by atoms with Crippen LogP contribution in [0.3, 0.4) is 0 Å². The minimum absolute atomic E-state index is 0.269. The van der Waals surface area contributed by atoms with Gasteiger partial charge in [0, 0.05) is 34.2 Å². The van der Waals surface area contributed by atoms with Gasteiger partial charge in [-0.2, -0.15) is 5.10 Å². The molecule has 4 rings (SSSR count). The molecule has 6 heteroatoms. The largest absolute Gasteiger partial charge is 0.489 e. The molecule has 0 saturated heterocycles. The molecule has 1 aromatic heterocycles. The van der Waals surface area contributed by atoms with Crippen molar-refractivity contribution in [2.45, 2.75) is 6.61 Å². The van der Waals surface area contributed by atoms with Crippen LogP contribution < -0.4 is 10.2 Å². The minimum atomic E-state index is -0.269. The highest BCUT2D eigenvalue weighted by Crippen LogP contribution is 2.18. The maximum absolute atomic E-state index is 12.3. The van der Waals surface area contributed by atoms with Crippen molar-refractivity contribution < 1.29 is 9.53 Å². The summed E-state index contributed by atoms with van der Waals surface area (Å²) in [4.78, 5) is 12.3. The van der Waals surface area contributed by atoms with Crippen molar-refractivity contribution in [2.75, 3.05) is 0 Å². The molecule has 0 aliphatic heterocycles. The summed E-state index contributed by atoms with van der Waals surface area (Å²) in [5.41, 5.74) is 5.84. The molecule has 154 valence electrons. The second-order valence-corrected chi connectivity index (χ2v) is 7.19. The van der Waals surface area contributed by atoms with E-state index in [9.17, 15) is 4.79 Å². The highest BCUT2D eigenvalue weighted by Gasteiger charge is 2.04. The number of nitrogens with one attached hydrogen (secondary N) is 1. The number of ether oxygens (including phenoxy) is 1. The van der Waals surface area contributed by atoms with E-state index >= 15 is 0 Å². The molecule has 4 aromatic rings.